The summed E-state index contributed by atoms with van der Waals surface area (Å²) >= 11 is 1.91. The summed E-state index contributed by atoms with van der Waals surface area (Å²) in [6.07, 6.45) is 4.35. The lowest BCUT2D eigenvalue weighted by atomic mass is 9.77. The molecule has 2 aromatic carbocycles. The van der Waals surface area contributed by atoms with Crippen LogP contribution >= 0.6 is 11.8 Å². The molecule has 20 heavy (non-hydrogen) atoms. The van der Waals surface area contributed by atoms with Crippen molar-refractivity contribution < 1.29 is 0 Å². The summed E-state index contributed by atoms with van der Waals surface area (Å²) in [6, 6.07) is 19.3. The van der Waals surface area contributed by atoms with E-state index in [2.05, 4.69) is 54.6 Å². The molecule has 3 rings (SSSR count). The van der Waals surface area contributed by atoms with E-state index in [0.717, 1.165) is 31.4 Å². The Morgan fingerprint density at radius 1 is 0.950 bits per heavy atom. The summed E-state index contributed by atoms with van der Waals surface area (Å²) in [6.45, 7) is 0. The van der Waals surface area contributed by atoms with Crippen LogP contribution in [0.3, 0.4) is 0 Å². The van der Waals surface area contributed by atoms with Gasteiger partial charge in [-0.1, -0.05) is 42.5 Å². The summed E-state index contributed by atoms with van der Waals surface area (Å²) in [5.41, 5.74) is 9.55. The summed E-state index contributed by atoms with van der Waals surface area (Å²) in [7, 11) is 0. The normalized spacial score (nSPS) is 21.4. The number of nitrogens with two attached hydrogens (primary N) is 1. The third-order valence-electron chi connectivity index (χ3n) is 4.17. The zero-order valence-corrected chi connectivity index (χ0v) is 12.5. The zero-order valence-electron chi connectivity index (χ0n) is 11.7. The van der Waals surface area contributed by atoms with Crippen LogP contribution in [0, 0.1) is 0 Å². The molecule has 1 aliphatic carbocycles. The number of hydrogen-bond acceptors (Lipinski definition) is 2. The van der Waals surface area contributed by atoms with E-state index in [1.165, 1.54) is 16.0 Å². The van der Waals surface area contributed by atoms with Crippen LogP contribution in [-0.2, 0) is 12.8 Å². The average molecular weight is 283 g/mol. The number of fused-ring (bicyclic) bond motifs is 1. The molecule has 2 heteroatoms. The van der Waals surface area contributed by atoms with Gasteiger partial charge in [-0.05, 0) is 54.7 Å². The molecule has 104 valence electrons. The van der Waals surface area contributed by atoms with Gasteiger partial charge in [-0.3, -0.25) is 0 Å². The van der Waals surface area contributed by atoms with Gasteiger partial charge < -0.3 is 5.73 Å². The third kappa shape index (κ3) is 3.25. The zero-order chi connectivity index (χ0) is 13.8. The van der Waals surface area contributed by atoms with Crippen LogP contribution in [0.1, 0.15) is 24.0 Å². The van der Waals surface area contributed by atoms with Crippen molar-refractivity contribution in [3.05, 3.63) is 65.7 Å². The first-order valence-corrected chi connectivity index (χ1v) is 8.27. The fourth-order valence-electron chi connectivity index (χ4n) is 2.93. The highest BCUT2D eigenvalue weighted by Crippen LogP contribution is 2.31. The number of benzene rings is 2. The molecule has 2 aromatic rings. The maximum absolute atomic E-state index is 6.62. The van der Waals surface area contributed by atoms with E-state index in [9.17, 15) is 0 Å². The lowest BCUT2D eigenvalue weighted by Crippen LogP contribution is -2.45. The smallest absolute Gasteiger partial charge is 0.0206 e. The Hall–Kier alpha value is -1.25. The first-order valence-electron chi connectivity index (χ1n) is 7.29. The molecule has 0 heterocycles. The first-order chi connectivity index (χ1) is 9.75. The Labute approximate surface area is 125 Å². The van der Waals surface area contributed by atoms with E-state index in [-0.39, 0.29) is 5.54 Å². The molecule has 0 bridgehead atoms. The molecule has 0 aliphatic heterocycles. The molecular weight excluding hydrogens is 262 g/mol. The van der Waals surface area contributed by atoms with Crippen LogP contribution in [0.2, 0.25) is 0 Å². The van der Waals surface area contributed by atoms with Gasteiger partial charge in [0.05, 0.1) is 0 Å². The van der Waals surface area contributed by atoms with E-state index in [1.54, 1.807) is 0 Å². The van der Waals surface area contributed by atoms with Crippen molar-refractivity contribution in [3.8, 4) is 0 Å². The molecule has 0 aromatic heterocycles. The minimum atomic E-state index is -0.0177. The van der Waals surface area contributed by atoms with Crippen LogP contribution in [-0.4, -0.2) is 11.3 Å². The molecule has 1 nitrogen and oxygen atoms in total. The van der Waals surface area contributed by atoms with Gasteiger partial charge in [-0.2, -0.15) is 0 Å². The van der Waals surface area contributed by atoms with Gasteiger partial charge in [0.2, 0.25) is 0 Å². The Morgan fingerprint density at radius 2 is 1.65 bits per heavy atom. The second kappa shape index (κ2) is 6.02. The van der Waals surface area contributed by atoms with Crippen molar-refractivity contribution in [1.29, 1.82) is 0 Å². The predicted octanol–water partition coefficient (Wildman–Crippen LogP) is 4.06. The SMILES string of the molecule is NC1(CCSc2ccccc2)CCc2ccccc2C1. The molecule has 1 unspecified atom stereocenters. The summed E-state index contributed by atoms with van der Waals surface area (Å²) in [5.74, 6) is 1.10. The van der Waals surface area contributed by atoms with E-state index in [4.69, 9.17) is 5.73 Å². The molecule has 0 saturated heterocycles. The van der Waals surface area contributed by atoms with Crippen molar-refractivity contribution >= 4 is 11.8 Å². The molecule has 0 amide bonds. The lowest BCUT2D eigenvalue weighted by Gasteiger charge is -2.34. The van der Waals surface area contributed by atoms with E-state index < -0.39 is 0 Å². The Morgan fingerprint density at radius 3 is 2.45 bits per heavy atom. The highest BCUT2D eigenvalue weighted by atomic mass is 32.2. The molecule has 1 aliphatic rings. The molecular formula is C18H21NS. The van der Waals surface area contributed by atoms with Gasteiger partial charge in [0, 0.05) is 10.4 Å². The second-order valence-corrected chi connectivity index (χ2v) is 6.89. The molecule has 1 atom stereocenters. The van der Waals surface area contributed by atoms with Gasteiger partial charge in [0.25, 0.3) is 0 Å². The van der Waals surface area contributed by atoms with Gasteiger partial charge >= 0.3 is 0 Å². The standard InChI is InChI=1S/C18H21NS/c19-18(12-13-20-17-8-2-1-3-9-17)11-10-15-6-4-5-7-16(15)14-18/h1-9H,10-14,19H2. The van der Waals surface area contributed by atoms with E-state index >= 15 is 0 Å². The molecule has 2 N–H and O–H groups in total. The Bertz CT molecular complexity index is 567. The van der Waals surface area contributed by atoms with E-state index in [1.807, 2.05) is 11.8 Å². The van der Waals surface area contributed by atoms with Crippen molar-refractivity contribution in [2.75, 3.05) is 5.75 Å². The fraction of sp³-hybridized carbons (Fsp3) is 0.333. The highest BCUT2D eigenvalue weighted by molar-refractivity contribution is 7.99. The molecule has 0 radical (unpaired) electrons. The van der Waals surface area contributed by atoms with Gasteiger partial charge in [-0.25, -0.2) is 0 Å². The van der Waals surface area contributed by atoms with Gasteiger partial charge in [0.1, 0.15) is 0 Å². The summed E-state index contributed by atoms with van der Waals surface area (Å²) in [5, 5.41) is 0. The van der Waals surface area contributed by atoms with Gasteiger partial charge in [0.15, 0.2) is 0 Å². The van der Waals surface area contributed by atoms with E-state index in [0.29, 0.717) is 0 Å². The van der Waals surface area contributed by atoms with Crippen LogP contribution < -0.4 is 5.73 Å². The fourth-order valence-corrected chi connectivity index (χ4v) is 4.02. The van der Waals surface area contributed by atoms with Crippen molar-refractivity contribution in [3.63, 3.8) is 0 Å². The maximum Gasteiger partial charge on any atom is 0.0206 e. The molecule has 0 saturated carbocycles. The third-order valence-corrected chi connectivity index (χ3v) is 5.18. The van der Waals surface area contributed by atoms with Crippen molar-refractivity contribution in [2.45, 2.75) is 36.1 Å². The monoisotopic (exact) mass is 283 g/mol. The van der Waals surface area contributed by atoms with Crippen LogP contribution in [0.5, 0.6) is 0 Å². The number of thioether (sulfide) groups is 1. The van der Waals surface area contributed by atoms with Crippen LogP contribution in [0.15, 0.2) is 59.5 Å². The predicted molar refractivity (Wildman–Crippen MR) is 87.2 cm³/mol. The summed E-state index contributed by atoms with van der Waals surface area (Å²) in [4.78, 5) is 1.34. The van der Waals surface area contributed by atoms with Crippen LogP contribution in [0.4, 0.5) is 0 Å². The largest absolute Gasteiger partial charge is 0.325 e. The Kier molecular flexibility index (Phi) is 4.13. The first kappa shape index (κ1) is 13.7. The highest BCUT2D eigenvalue weighted by Gasteiger charge is 2.29. The maximum atomic E-state index is 6.62. The minimum Gasteiger partial charge on any atom is -0.325 e. The van der Waals surface area contributed by atoms with Gasteiger partial charge in [-0.15, -0.1) is 11.8 Å². The number of rotatable bonds is 4. The topological polar surface area (TPSA) is 26.0 Å². The Balaban J connectivity index is 1.58. The number of aryl methyl sites for hydroxylation is 1. The number of hydrogen-bond donors (Lipinski definition) is 1. The molecule has 0 fully saturated rings. The summed E-state index contributed by atoms with van der Waals surface area (Å²) < 4.78 is 0. The minimum absolute atomic E-state index is 0.0177. The lowest BCUT2D eigenvalue weighted by molar-refractivity contribution is 0.362. The average Bonchev–Trinajstić information content (AvgIpc) is 2.48. The van der Waals surface area contributed by atoms with Crippen LogP contribution in [0.25, 0.3) is 0 Å². The molecule has 0 spiro atoms. The second-order valence-electron chi connectivity index (χ2n) is 5.72. The quantitative estimate of drug-likeness (QED) is 0.857. The van der Waals surface area contributed by atoms with Crippen molar-refractivity contribution in [2.24, 2.45) is 5.73 Å². The van der Waals surface area contributed by atoms with Crippen molar-refractivity contribution in [1.82, 2.24) is 0 Å².